The van der Waals surface area contributed by atoms with Gasteiger partial charge in [0.05, 0.1) is 17.2 Å². The Hall–Kier alpha value is -2.52. The first-order valence-electron chi connectivity index (χ1n) is 11.5. The molecule has 1 N–H and O–H groups in total. The number of hydrogen-bond donors (Lipinski definition) is 1. The van der Waals surface area contributed by atoms with E-state index in [2.05, 4.69) is 63.8 Å². The smallest absolute Gasteiger partial charge is 0.151 e. The van der Waals surface area contributed by atoms with Gasteiger partial charge in [0.1, 0.15) is 9.84 Å². The summed E-state index contributed by atoms with van der Waals surface area (Å²) in [7, 11) is -2.84. The lowest BCUT2D eigenvalue weighted by Gasteiger charge is -2.22. The Balaban J connectivity index is 1.39. The molecule has 0 atom stereocenters. The quantitative estimate of drug-likeness (QED) is 0.281. The van der Waals surface area contributed by atoms with Crippen molar-refractivity contribution in [1.82, 2.24) is 13.7 Å². The molecule has 1 aliphatic rings. The van der Waals surface area contributed by atoms with E-state index in [0.29, 0.717) is 12.8 Å². The summed E-state index contributed by atoms with van der Waals surface area (Å²) in [5.74, 6) is 0.549. The van der Waals surface area contributed by atoms with Crippen LogP contribution in [0.2, 0.25) is 0 Å². The third-order valence-electron chi connectivity index (χ3n) is 6.10. The molecule has 1 saturated heterocycles. The lowest BCUT2D eigenvalue weighted by molar-refractivity contribution is 0.531. The predicted octanol–water partition coefficient (Wildman–Crippen LogP) is 6.47. The lowest BCUT2D eigenvalue weighted by atomic mass is 10.0. The Labute approximate surface area is 215 Å². The Morgan fingerprint density at radius 3 is 2.43 bits per heavy atom. The largest absolute Gasteiger partial charge is 0.263 e. The fourth-order valence-electron chi connectivity index (χ4n) is 4.16. The van der Waals surface area contributed by atoms with Crippen LogP contribution in [0.5, 0.6) is 0 Å². The van der Waals surface area contributed by atoms with Crippen LogP contribution in [0.25, 0.3) is 27.7 Å². The van der Waals surface area contributed by atoms with Gasteiger partial charge in [-0.25, -0.2) is 13.4 Å². The minimum absolute atomic E-state index is 0.227. The number of benzene rings is 2. The van der Waals surface area contributed by atoms with Crippen LogP contribution in [-0.2, 0) is 9.84 Å². The van der Waals surface area contributed by atoms with Gasteiger partial charge >= 0.3 is 0 Å². The third kappa shape index (κ3) is 5.51. The van der Waals surface area contributed by atoms with Crippen LogP contribution in [0.4, 0.5) is 0 Å². The van der Waals surface area contributed by atoms with Crippen molar-refractivity contribution in [1.29, 1.82) is 0 Å². The molecule has 4 aromatic rings. The van der Waals surface area contributed by atoms with Gasteiger partial charge in [-0.05, 0) is 96.8 Å². The number of hydrogen-bond acceptors (Lipinski definition) is 6. The summed E-state index contributed by atoms with van der Waals surface area (Å²) in [6.07, 6.45) is 3.21. The third-order valence-corrected chi connectivity index (χ3v) is 9.81. The summed E-state index contributed by atoms with van der Waals surface area (Å²) < 4.78 is 28.9. The molecule has 2 aromatic carbocycles. The summed E-state index contributed by atoms with van der Waals surface area (Å²) in [6.45, 7) is 6.22. The van der Waals surface area contributed by atoms with E-state index in [4.69, 9.17) is 4.98 Å². The summed E-state index contributed by atoms with van der Waals surface area (Å²) in [5, 5.41) is 1.09. The predicted molar refractivity (Wildman–Crippen MR) is 148 cm³/mol. The van der Waals surface area contributed by atoms with Crippen LogP contribution in [0.15, 0.2) is 89.3 Å². The first-order chi connectivity index (χ1) is 16.9. The molecule has 3 heterocycles. The fraction of sp³-hybridized carbons (Fsp3) is 0.222. The molecule has 5 rings (SSSR count). The Morgan fingerprint density at radius 2 is 1.74 bits per heavy atom. The van der Waals surface area contributed by atoms with Gasteiger partial charge in [-0.3, -0.25) is 8.69 Å². The van der Waals surface area contributed by atoms with Crippen molar-refractivity contribution in [2.24, 2.45) is 0 Å². The molecule has 0 spiro atoms. The zero-order valence-corrected chi connectivity index (χ0v) is 21.9. The van der Waals surface area contributed by atoms with Crippen LogP contribution in [-0.4, -0.2) is 34.9 Å². The Morgan fingerprint density at radius 1 is 1.03 bits per heavy atom. The highest BCUT2D eigenvalue weighted by atomic mass is 32.2. The van der Waals surface area contributed by atoms with E-state index in [1.165, 1.54) is 0 Å². The average Bonchev–Trinajstić information content (AvgIpc) is 3.23. The molecule has 0 unspecified atom stereocenters. The van der Waals surface area contributed by atoms with E-state index in [0.717, 1.165) is 43.2 Å². The van der Waals surface area contributed by atoms with Crippen molar-refractivity contribution >= 4 is 50.3 Å². The number of sulfone groups is 1. The van der Waals surface area contributed by atoms with Crippen molar-refractivity contribution in [2.75, 3.05) is 11.5 Å². The van der Waals surface area contributed by atoms with Crippen molar-refractivity contribution < 1.29 is 8.42 Å². The highest BCUT2D eigenvalue weighted by Gasteiger charge is 2.23. The lowest BCUT2D eigenvalue weighted by Crippen LogP contribution is -2.34. The Kier molecular flexibility index (Phi) is 7.07. The summed E-state index contributed by atoms with van der Waals surface area (Å²) in [6, 6.07) is 23.2. The molecule has 35 heavy (non-hydrogen) atoms. The summed E-state index contributed by atoms with van der Waals surface area (Å²) in [4.78, 5) is 6.97. The van der Waals surface area contributed by atoms with E-state index in [1.807, 2.05) is 31.3 Å². The topological polar surface area (TPSA) is 64.0 Å². The summed E-state index contributed by atoms with van der Waals surface area (Å²) in [5.41, 5.74) is 5.22. The normalized spacial score (nSPS) is 15.9. The maximum atomic E-state index is 11.6. The second-order valence-corrected chi connectivity index (χ2v) is 13.0. The molecule has 2 aromatic heterocycles. The standard InChI is InChI=1S/C27H27N3O2S3/c1-19(2)26-18-25-24(12-15-28-27(25)30(26)34-23-6-4-3-5-7-23)20-8-10-22(11-9-20)33-29-21-13-16-35(31,32)17-14-21/h3-12,15,18,21,29H,1,13-14,16-17H2,2H3. The van der Waals surface area contributed by atoms with E-state index in [1.54, 1.807) is 23.9 Å². The van der Waals surface area contributed by atoms with Crippen molar-refractivity contribution in [3.8, 4) is 11.1 Å². The molecule has 0 saturated carbocycles. The SMILES string of the molecule is C=C(C)c1cc2c(-c3ccc(SNC4CCS(=O)(=O)CC4)cc3)ccnc2n1Sc1ccccc1. The number of aromatic nitrogens is 2. The second-order valence-electron chi connectivity index (χ2n) is 8.77. The van der Waals surface area contributed by atoms with E-state index >= 15 is 0 Å². The molecular formula is C27H27N3O2S3. The molecule has 5 nitrogen and oxygen atoms in total. The number of nitrogens with zero attached hydrogens (tertiary/aromatic N) is 2. The molecular weight excluding hydrogens is 495 g/mol. The van der Waals surface area contributed by atoms with Crippen LogP contribution in [0.1, 0.15) is 25.5 Å². The van der Waals surface area contributed by atoms with Gasteiger partial charge in [0.15, 0.2) is 5.65 Å². The van der Waals surface area contributed by atoms with Gasteiger partial charge in [0.25, 0.3) is 0 Å². The zero-order chi connectivity index (χ0) is 24.4. The molecule has 0 amide bonds. The van der Waals surface area contributed by atoms with Gasteiger partial charge in [-0.2, -0.15) is 0 Å². The van der Waals surface area contributed by atoms with Crippen LogP contribution in [0.3, 0.4) is 0 Å². The van der Waals surface area contributed by atoms with E-state index in [9.17, 15) is 8.42 Å². The molecule has 1 aliphatic heterocycles. The van der Waals surface area contributed by atoms with Crippen molar-refractivity contribution in [3.05, 3.63) is 85.2 Å². The molecule has 0 radical (unpaired) electrons. The van der Waals surface area contributed by atoms with Crippen LogP contribution < -0.4 is 4.72 Å². The van der Waals surface area contributed by atoms with Crippen molar-refractivity contribution in [2.45, 2.75) is 35.6 Å². The monoisotopic (exact) mass is 521 g/mol. The molecule has 0 aliphatic carbocycles. The van der Waals surface area contributed by atoms with E-state index < -0.39 is 9.84 Å². The maximum absolute atomic E-state index is 11.6. The van der Waals surface area contributed by atoms with Gasteiger partial charge in [-0.15, -0.1) is 0 Å². The van der Waals surface area contributed by atoms with Crippen LogP contribution in [0, 0.1) is 0 Å². The number of allylic oxidation sites excluding steroid dienone is 1. The van der Waals surface area contributed by atoms with Gasteiger partial charge in [0.2, 0.25) is 0 Å². The maximum Gasteiger partial charge on any atom is 0.151 e. The highest BCUT2D eigenvalue weighted by molar-refractivity contribution is 7.98. The van der Waals surface area contributed by atoms with Crippen molar-refractivity contribution in [3.63, 3.8) is 0 Å². The number of fused-ring (bicyclic) bond motifs is 1. The number of rotatable bonds is 7. The number of nitrogens with one attached hydrogen (secondary N) is 1. The minimum atomic E-state index is -2.84. The fourth-order valence-corrected chi connectivity index (χ4v) is 7.50. The first-order valence-corrected chi connectivity index (χ1v) is 14.9. The molecule has 1 fully saturated rings. The zero-order valence-electron chi connectivity index (χ0n) is 19.5. The molecule has 0 bridgehead atoms. The number of pyridine rings is 1. The second kappa shape index (κ2) is 10.2. The highest BCUT2D eigenvalue weighted by Crippen LogP contribution is 2.36. The van der Waals surface area contributed by atoms with E-state index in [-0.39, 0.29) is 17.5 Å². The first kappa shape index (κ1) is 24.2. The van der Waals surface area contributed by atoms with Gasteiger partial charge in [0, 0.05) is 27.4 Å². The van der Waals surface area contributed by atoms with Gasteiger partial charge in [-0.1, -0.05) is 36.9 Å². The average molecular weight is 522 g/mol. The van der Waals surface area contributed by atoms with Gasteiger partial charge < -0.3 is 0 Å². The summed E-state index contributed by atoms with van der Waals surface area (Å²) >= 11 is 3.22. The Bertz CT molecular complexity index is 1450. The molecule has 8 heteroatoms. The van der Waals surface area contributed by atoms with Crippen LogP contribution >= 0.6 is 23.9 Å². The molecule has 180 valence electrons. The minimum Gasteiger partial charge on any atom is -0.263 e.